The summed E-state index contributed by atoms with van der Waals surface area (Å²) in [6, 6.07) is 5.69. The molecule has 2 N–H and O–H groups in total. The molecule has 0 spiro atoms. The van der Waals surface area contributed by atoms with Crippen LogP contribution in [0.1, 0.15) is 51.2 Å². The maximum atomic E-state index is 10.9. The summed E-state index contributed by atoms with van der Waals surface area (Å²) in [6.45, 7) is 6.13. The molecule has 2 rings (SSSR count). The summed E-state index contributed by atoms with van der Waals surface area (Å²) in [5, 5.41) is 19.4. The first-order chi connectivity index (χ1) is 8.26. The SMILES string of the molecule is CC(C)(C)c1cccc(C2(CC(=O)O)CC2)c1O. The summed E-state index contributed by atoms with van der Waals surface area (Å²) in [7, 11) is 0. The van der Waals surface area contributed by atoms with Crippen molar-refractivity contribution >= 4 is 5.97 Å². The van der Waals surface area contributed by atoms with Crippen molar-refractivity contribution in [3.05, 3.63) is 29.3 Å². The number of benzene rings is 1. The highest BCUT2D eigenvalue weighted by molar-refractivity contribution is 5.71. The lowest BCUT2D eigenvalue weighted by Crippen LogP contribution is -2.17. The van der Waals surface area contributed by atoms with E-state index >= 15 is 0 Å². The minimum Gasteiger partial charge on any atom is -0.507 e. The van der Waals surface area contributed by atoms with E-state index in [9.17, 15) is 9.90 Å². The van der Waals surface area contributed by atoms with Gasteiger partial charge < -0.3 is 10.2 Å². The third-order valence-electron chi connectivity index (χ3n) is 3.76. The summed E-state index contributed by atoms with van der Waals surface area (Å²) in [5.41, 5.74) is 1.21. The maximum Gasteiger partial charge on any atom is 0.304 e. The second-order valence-electron chi connectivity index (χ2n) is 6.30. The van der Waals surface area contributed by atoms with Crippen molar-refractivity contribution in [3.63, 3.8) is 0 Å². The molecule has 1 aliphatic carbocycles. The summed E-state index contributed by atoms with van der Waals surface area (Å²) in [5.74, 6) is -0.517. The Hall–Kier alpha value is -1.51. The Balaban J connectivity index is 2.44. The van der Waals surface area contributed by atoms with Crippen LogP contribution in [0.2, 0.25) is 0 Å². The molecular formula is C15H20O3. The first kappa shape index (κ1) is 12.9. The van der Waals surface area contributed by atoms with Gasteiger partial charge >= 0.3 is 5.97 Å². The number of aromatic hydroxyl groups is 1. The van der Waals surface area contributed by atoms with E-state index in [4.69, 9.17) is 5.11 Å². The van der Waals surface area contributed by atoms with Gasteiger partial charge in [0.05, 0.1) is 6.42 Å². The number of carbonyl (C=O) groups is 1. The van der Waals surface area contributed by atoms with Crippen molar-refractivity contribution in [2.75, 3.05) is 0 Å². The second-order valence-corrected chi connectivity index (χ2v) is 6.30. The number of phenolic OH excluding ortho intramolecular Hbond substituents is 1. The largest absolute Gasteiger partial charge is 0.507 e. The lowest BCUT2D eigenvalue weighted by molar-refractivity contribution is -0.137. The molecule has 0 unspecified atom stereocenters. The van der Waals surface area contributed by atoms with Crippen molar-refractivity contribution in [1.29, 1.82) is 0 Å². The Morgan fingerprint density at radius 2 is 1.94 bits per heavy atom. The highest BCUT2D eigenvalue weighted by Crippen LogP contribution is 2.54. The van der Waals surface area contributed by atoms with Crippen molar-refractivity contribution in [2.24, 2.45) is 0 Å². The monoisotopic (exact) mass is 248 g/mol. The Bertz CT molecular complexity index is 479. The first-order valence-corrected chi connectivity index (χ1v) is 6.31. The molecule has 0 aliphatic heterocycles. The van der Waals surface area contributed by atoms with Gasteiger partial charge in [-0.2, -0.15) is 0 Å². The van der Waals surface area contributed by atoms with E-state index < -0.39 is 5.97 Å². The molecule has 1 aliphatic rings. The number of carboxylic acid groups (broad SMARTS) is 1. The molecule has 98 valence electrons. The summed E-state index contributed by atoms with van der Waals surface area (Å²) in [6.07, 6.45) is 1.80. The third kappa shape index (κ3) is 2.22. The predicted octanol–water partition coefficient (Wildman–Crippen LogP) is 3.20. The number of para-hydroxylation sites is 1. The molecule has 1 aromatic rings. The maximum absolute atomic E-state index is 10.9. The highest BCUT2D eigenvalue weighted by atomic mass is 16.4. The van der Waals surface area contributed by atoms with E-state index in [1.165, 1.54) is 0 Å². The van der Waals surface area contributed by atoms with Gasteiger partial charge in [0.2, 0.25) is 0 Å². The summed E-state index contributed by atoms with van der Waals surface area (Å²) >= 11 is 0. The van der Waals surface area contributed by atoms with Crippen LogP contribution in [0.5, 0.6) is 5.75 Å². The minimum absolute atomic E-state index is 0.105. The molecule has 0 heterocycles. The van der Waals surface area contributed by atoms with Crippen LogP contribution in [0.25, 0.3) is 0 Å². The quantitative estimate of drug-likeness (QED) is 0.863. The smallest absolute Gasteiger partial charge is 0.304 e. The topological polar surface area (TPSA) is 57.5 Å². The van der Waals surface area contributed by atoms with Gasteiger partial charge in [0.15, 0.2) is 0 Å². The van der Waals surface area contributed by atoms with Crippen molar-refractivity contribution in [1.82, 2.24) is 0 Å². The molecule has 0 aromatic heterocycles. The first-order valence-electron chi connectivity index (χ1n) is 6.31. The van der Waals surface area contributed by atoms with Gasteiger partial charge in [0.1, 0.15) is 5.75 Å². The molecule has 0 amide bonds. The average molecular weight is 248 g/mol. The van der Waals surface area contributed by atoms with E-state index in [1.54, 1.807) is 0 Å². The minimum atomic E-state index is -0.798. The lowest BCUT2D eigenvalue weighted by atomic mass is 9.82. The molecule has 0 saturated heterocycles. The number of hydrogen-bond donors (Lipinski definition) is 2. The Labute approximate surface area is 107 Å². The molecule has 0 radical (unpaired) electrons. The second kappa shape index (κ2) is 4.01. The molecule has 0 atom stereocenters. The lowest BCUT2D eigenvalue weighted by Gasteiger charge is -2.24. The zero-order valence-corrected chi connectivity index (χ0v) is 11.2. The number of aliphatic carboxylic acids is 1. The third-order valence-corrected chi connectivity index (χ3v) is 3.76. The Morgan fingerprint density at radius 3 is 2.39 bits per heavy atom. The zero-order chi connectivity index (χ0) is 13.6. The van der Waals surface area contributed by atoms with Gasteiger partial charge in [-0.25, -0.2) is 0 Å². The number of rotatable bonds is 3. The summed E-state index contributed by atoms with van der Waals surface area (Å²) in [4.78, 5) is 10.9. The van der Waals surface area contributed by atoms with Crippen molar-refractivity contribution in [3.8, 4) is 5.75 Å². The number of phenols is 1. The molecule has 18 heavy (non-hydrogen) atoms. The van der Waals surface area contributed by atoms with Crippen LogP contribution < -0.4 is 0 Å². The summed E-state index contributed by atoms with van der Waals surface area (Å²) < 4.78 is 0. The van der Waals surface area contributed by atoms with E-state index in [0.29, 0.717) is 0 Å². The molecule has 1 saturated carbocycles. The molecule has 1 fully saturated rings. The fourth-order valence-electron chi connectivity index (χ4n) is 2.56. The predicted molar refractivity (Wildman–Crippen MR) is 70.0 cm³/mol. The zero-order valence-electron chi connectivity index (χ0n) is 11.2. The average Bonchev–Trinajstić information content (AvgIpc) is 2.96. The van der Waals surface area contributed by atoms with Crippen LogP contribution >= 0.6 is 0 Å². The normalized spacial score (nSPS) is 17.5. The molecule has 1 aromatic carbocycles. The van der Waals surface area contributed by atoms with E-state index in [0.717, 1.165) is 24.0 Å². The number of hydrogen-bond acceptors (Lipinski definition) is 2. The van der Waals surface area contributed by atoms with Gasteiger partial charge in [-0.1, -0.05) is 39.0 Å². The van der Waals surface area contributed by atoms with E-state index in [-0.39, 0.29) is 23.0 Å². The van der Waals surface area contributed by atoms with Crippen LogP contribution in [-0.2, 0) is 15.6 Å². The van der Waals surface area contributed by atoms with Gasteiger partial charge in [-0.3, -0.25) is 4.79 Å². The van der Waals surface area contributed by atoms with Crippen molar-refractivity contribution in [2.45, 2.75) is 50.9 Å². The number of carboxylic acids is 1. The van der Waals surface area contributed by atoms with Crippen LogP contribution in [0.15, 0.2) is 18.2 Å². The van der Waals surface area contributed by atoms with Crippen LogP contribution in [0.4, 0.5) is 0 Å². The molecular weight excluding hydrogens is 228 g/mol. The van der Waals surface area contributed by atoms with Crippen LogP contribution in [-0.4, -0.2) is 16.2 Å². The van der Waals surface area contributed by atoms with Gasteiger partial charge in [0, 0.05) is 11.0 Å². The van der Waals surface area contributed by atoms with Crippen molar-refractivity contribution < 1.29 is 15.0 Å². The Morgan fingerprint density at radius 1 is 1.33 bits per heavy atom. The van der Waals surface area contributed by atoms with Gasteiger partial charge in [-0.15, -0.1) is 0 Å². The molecule has 3 heteroatoms. The van der Waals surface area contributed by atoms with E-state index in [1.807, 2.05) is 39.0 Å². The molecule has 0 bridgehead atoms. The van der Waals surface area contributed by atoms with Gasteiger partial charge in [0.25, 0.3) is 0 Å². The fraction of sp³-hybridized carbons (Fsp3) is 0.533. The van der Waals surface area contributed by atoms with E-state index in [2.05, 4.69) is 0 Å². The van der Waals surface area contributed by atoms with Crippen LogP contribution in [0.3, 0.4) is 0 Å². The van der Waals surface area contributed by atoms with Gasteiger partial charge in [-0.05, 0) is 23.8 Å². The molecule has 3 nitrogen and oxygen atoms in total. The Kier molecular flexibility index (Phi) is 2.88. The fourth-order valence-corrected chi connectivity index (χ4v) is 2.56. The standard InChI is InChI=1S/C15H20O3/c1-14(2,3)10-5-4-6-11(13(10)18)15(7-8-15)9-12(16)17/h4-6,18H,7-9H2,1-3H3,(H,16,17). The highest BCUT2D eigenvalue weighted by Gasteiger charge is 2.48. The van der Waals surface area contributed by atoms with Crippen LogP contribution in [0, 0.1) is 0 Å².